The van der Waals surface area contributed by atoms with E-state index in [2.05, 4.69) is 0 Å². The molecule has 0 aliphatic heterocycles. The van der Waals surface area contributed by atoms with Crippen molar-refractivity contribution in [2.24, 2.45) is 0 Å². The molecule has 0 aromatic heterocycles. The van der Waals surface area contributed by atoms with E-state index in [1.807, 2.05) is 0 Å². The van der Waals surface area contributed by atoms with Gasteiger partial charge >= 0.3 is 6.18 Å². The highest BCUT2D eigenvalue weighted by atomic mass is 32.2. The lowest BCUT2D eigenvalue weighted by Crippen LogP contribution is -2.43. The van der Waals surface area contributed by atoms with Crippen LogP contribution in [0.5, 0.6) is 0 Å². The molecule has 0 aliphatic rings. The van der Waals surface area contributed by atoms with E-state index < -0.39 is 29.0 Å². The molecule has 0 spiro atoms. The third kappa shape index (κ3) is 8.23. The summed E-state index contributed by atoms with van der Waals surface area (Å²) in [5, 5.41) is 8.67. The molecule has 0 fully saturated rings. The van der Waals surface area contributed by atoms with Crippen LogP contribution in [0.1, 0.15) is 6.92 Å². The molecular weight excluding hydrogens is 225 g/mol. The largest absolute Gasteiger partial charge is 0.402 e. The molecule has 0 aromatic carbocycles. The van der Waals surface area contributed by atoms with Gasteiger partial charge in [-0.1, -0.05) is 0 Å². The van der Waals surface area contributed by atoms with Gasteiger partial charge in [0.25, 0.3) is 10.2 Å². The van der Waals surface area contributed by atoms with Crippen molar-refractivity contribution in [3.05, 3.63) is 0 Å². The van der Waals surface area contributed by atoms with Crippen LogP contribution in [0.3, 0.4) is 0 Å². The minimum atomic E-state index is -4.60. The number of hydrogen-bond acceptors (Lipinski definition) is 3. The quantitative estimate of drug-likeness (QED) is 0.593. The van der Waals surface area contributed by atoms with E-state index in [0.717, 1.165) is 0 Å². The molecule has 14 heavy (non-hydrogen) atoms. The van der Waals surface area contributed by atoms with E-state index in [1.165, 1.54) is 11.6 Å². The molecule has 1 atom stereocenters. The van der Waals surface area contributed by atoms with Crippen molar-refractivity contribution in [3.8, 4) is 0 Å². The summed E-state index contributed by atoms with van der Waals surface area (Å²) in [4.78, 5) is 0. The van der Waals surface area contributed by atoms with Crippen molar-refractivity contribution in [1.29, 1.82) is 0 Å². The summed E-state index contributed by atoms with van der Waals surface area (Å²) in [6.07, 6.45) is -5.56. The molecule has 86 valence electrons. The van der Waals surface area contributed by atoms with E-state index in [0.29, 0.717) is 0 Å². The molecule has 0 radical (unpaired) electrons. The van der Waals surface area contributed by atoms with Crippen LogP contribution in [0.15, 0.2) is 0 Å². The highest BCUT2D eigenvalue weighted by Crippen LogP contribution is 2.12. The van der Waals surface area contributed by atoms with E-state index in [-0.39, 0.29) is 6.54 Å². The second-order valence-corrected chi connectivity index (χ2v) is 4.22. The maximum absolute atomic E-state index is 11.6. The molecule has 9 heteroatoms. The molecule has 0 saturated carbocycles. The molecule has 0 aliphatic carbocycles. The van der Waals surface area contributed by atoms with Crippen LogP contribution in [0.4, 0.5) is 13.2 Å². The van der Waals surface area contributed by atoms with Crippen molar-refractivity contribution in [2.75, 3.05) is 13.1 Å². The number of rotatable bonds is 5. The number of alkyl halides is 3. The molecule has 0 unspecified atom stereocenters. The smallest absolute Gasteiger partial charge is 0.392 e. The molecule has 0 amide bonds. The molecule has 0 heterocycles. The monoisotopic (exact) mass is 236 g/mol. The van der Waals surface area contributed by atoms with Crippen molar-refractivity contribution in [1.82, 2.24) is 9.44 Å². The number of halogens is 3. The fourth-order valence-corrected chi connectivity index (χ4v) is 1.37. The van der Waals surface area contributed by atoms with Crippen LogP contribution >= 0.6 is 0 Å². The first-order valence-corrected chi connectivity index (χ1v) is 5.10. The Balaban J connectivity index is 3.97. The summed E-state index contributed by atoms with van der Waals surface area (Å²) in [5.41, 5.74) is 0. The van der Waals surface area contributed by atoms with Gasteiger partial charge in [-0.3, -0.25) is 0 Å². The topological polar surface area (TPSA) is 78.4 Å². The van der Waals surface area contributed by atoms with Gasteiger partial charge in [0.1, 0.15) is 6.54 Å². The molecular formula is C5H11F3N2O3S. The molecule has 0 saturated heterocycles. The zero-order chi connectivity index (χ0) is 11.4. The molecule has 3 N–H and O–H groups in total. The van der Waals surface area contributed by atoms with E-state index in [4.69, 9.17) is 5.11 Å². The predicted molar refractivity (Wildman–Crippen MR) is 42.7 cm³/mol. The lowest BCUT2D eigenvalue weighted by Gasteiger charge is -2.10. The first kappa shape index (κ1) is 13.6. The highest BCUT2D eigenvalue weighted by molar-refractivity contribution is 7.87. The lowest BCUT2D eigenvalue weighted by atomic mass is 10.4. The Labute approximate surface area is 79.5 Å². The van der Waals surface area contributed by atoms with Crippen molar-refractivity contribution in [3.63, 3.8) is 0 Å². The lowest BCUT2D eigenvalue weighted by molar-refractivity contribution is -0.121. The summed E-state index contributed by atoms with van der Waals surface area (Å²) in [6, 6.07) is 0. The maximum Gasteiger partial charge on any atom is 0.402 e. The Hall–Kier alpha value is -0.380. The first-order valence-electron chi connectivity index (χ1n) is 3.61. The van der Waals surface area contributed by atoms with Gasteiger partial charge in [0.05, 0.1) is 6.10 Å². The van der Waals surface area contributed by atoms with Crippen LogP contribution in [-0.2, 0) is 10.2 Å². The Morgan fingerprint density at radius 3 is 2.21 bits per heavy atom. The van der Waals surface area contributed by atoms with Gasteiger partial charge in [-0.05, 0) is 6.92 Å². The normalized spacial score (nSPS) is 15.5. The van der Waals surface area contributed by atoms with Gasteiger partial charge < -0.3 is 5.11 Å². The Morgan fingerprint density at radius 1 is 1.36 bits per heavy atom. The fourth-order valence-electron chi connectivity index (χ4n) is 0.458. The van der Waals surface area contributed by atoms with Crippen molar-refractivity contribution < 1.29 is 26.7 Å². The summed E-state index contributed by atoms with van der Waals surface area (Å²) < 4.78 is 59.3. The summed E-state index contributed by atoms with van der Waals surface area (Å²) in [5.74, 6) is 0. The van der Waals surface area contributed by atoms with E-state index in [1.54, 1.807) is 4.72 Å². The fraction of sp³-hybridized carbons (Fsp3) is 1.00. The number of aliphatic hydroxyl groups is 1. The van der Waals surface area contributed by atoms with Gasteiger partial charge in [-0.25, -0.2) is 0 Å². The minimum absolute atomic E-state index is 0.340. The van der Waals surface area contributed by atoms with Crippen LogP contribution in [0.25, 0.3) is 0 Å². The number of hydrogen-bond donors (Lipinski definition) is 3. The first-order chi connectivity index (χ1) is 6.12. The second-order valence-electron chi connectivity index (χ2n) is 2.64. The van der Waals surface area contributed by atoms with Crippen LogP contribution < -0.4 is 9.44 Å². The van der Waals surface area contributed by atoms with Crippen LogP contribution in [0.2, 0.25) is 0 Å². The van der Waals surface area contributed by atoms with E-state index in [9.17, 15) is 21.6 Å². The maximum atomic E-state index is 11.6. The van der Waals surface area contributed by atoms with Gasteiger partial charge in [-0.15, -0.1) is 0 Å². The van der Waals surface area contributed by atoms with Crippen molar-refractivity contribution >= 4 is 10.2 Å². The average Bonchev–Trinajstić information content (AvgIpc) is 1.97. The second kappa shape index (κ2) is 4.91. The van der Waals surface area contributed by atoms with Gasteiger partial charge in [0.2, 0.25) is 0 Å². The summed E-state index contributed by atoms with van der Waals surface area (Å²) in [6.45, 7) is -0.679. The van der Waals surface area contributed by atoms with Gasteiger partial charge in [0.15, 0.2) is 0 Å². The standard InChI is InChI=1S/C5H11F3N2O3S/c1-4(11)2-9-14(12,13)10-3-5(6,7)8/h4,9-11H,2-3H2,1H3/t4-/m1/s1. The molecule has 0 bridgehead atoms. The Bertz CT molecular complexity index is 262. The van der Waals surface area contributed by atoms with Gasteiger partial charge in [0, 0.05) is 6.54 Å². The predicted octanol–water partition coefficient (Wildman–Crippen LogP) is -0.647. The van der Waals surface area contributed by atoms with Crippen molar-refractivity contribution in [2.45, 2.75) is 19.2 Å². The molecule has 0 rings (SSSR count). The number of nitrogens with one attached hydrogen (secondary N) is 2. The van der Waals surface area contributed by atoms with Gasteiger partial charge in [-0.2, -0.15) is 31.0 Å². The van der Waals surface area contributed by atoms with E-state index >= 15 is 0 Å². The Kier molecular flexibility index (Phi) is 4.78. The molecule has 0 aromatic rings. The minimum Gasteiger partial charge on any atom is -0.392 e. The third-order valence-corrected chi connectivity index (χ3v) is 2.10. The highest BCUT2D eigenvalue weighted by Gasteiger charge is 2.29. The van der Waals surface area contributed by atoms with Crippen LogP contribution in [0, 0.1) is 0 Å². The zero-order valence-corrected chi connectivity index (χ0v) is 8.11. The average molecular weight is 236 g/mol. The SMILES string of the molecule is C[C@@H](O)CNS(=O)(=O)NCC(F)(F)F. The summed E-state index contributed by atoms with van der Waals surface area (Å²) in [7, 11) is -4.19. The summed E-state index contributed by atoms with van der Waals surface area (Å²) >= 11 is 0. The third-order valence-electron chi connectivity index (χ3n) is 1.03. The molecule has 5 nitrogen and oxygen atoms in total. The number of aliphatic hydroxyl groups excluding tert-OH is 1. The van der Waals surface area contributed by atoms with Crippen LogP contribution in [-0.4, -0.2) is 38.9 Å². The Morgan fingerprint density at radius 2 is 1.86 bits per heavy atom. The zero-order valence-electron chi connectivity index (χ0n) is 7.30.